The van der Waals surface area contributed by atoms with Crippen molar-refractivity contribution >= 4 is 16.8 Å². The third-order valence-electron chi connectivity index (χ3n) is 4.21. The van der Waals surface area contributed by atoms with Gasteiger partial charge in [0.2, 0.25) is 0 Å². The molecular weight excluding hydrogens is 271 g/mol. The Bertz CT molecular complexity index is 665. The number of nitrogens with zero attached hydrogens (tertiary/aromatic N) is 1. The Morgan fingerprint density at radius 1 is 1.48 bits per heavy atom. The molecule has 0 spiro atoms. The highest BCUT2D eigenvalue weighted by Crippen LogP contribution is 2.24. The summed E-state index contributed by atoms with van der Waals surface area (Å²) in [6.07, 6.45) is 2.19. The number of fused-ring (bicyclic) bond motifs is 1. The summed E-state index contributed by atoms with van der Waals surface area (Å²) in [6.45, 7) is 2.34. The van der Waals surface area contributed by atoms with E-state index >= 15 is 0 Å². The van der Waals surface area contributed by atoms with Crippen molar-refractivity contribution in [3.8, 4) is 0 Å². The van der Waals surface area contributed by atoms with Gasteiger partial charge in [0, 0.05) is 17.4 Å². The first-order valence-corrected chi connectivity index (χ1v) is 7.34. The van der Waals surface area contributed by atoms with Gasteiger partial charge in [-0.25, -0.2) is 4.39 Å². The highest BCUT2D eigenvalue weighted by molar-refractivity contribution is 5.98. The molecule has 1 aromatic heterocycles. The summed E-state index contributed by atoms with van der Waals surface area (Å²) in [4.78, 5) is 17.3. The summed E-state index contributed by atoms with van der Waals surface area (Å²) in [5.74, 6) is -0.510. The van der Waals surface area contributed by atoms with E-state index in [4.69, 9.17) is 0 Å². The number of hydrogen-bond donors (Lipinski definition) is 2. The number of nitrogens with one attached hydrogen (secondary N) is 1. The van der Waals surface area contributed by atoms with Crippen LogP contribution in [0.2, 0.25) is 0 Å². The first-order chi connectivity index (χ1) is 10.1. The van der Waals surface area contributed by atoms with E-state index in [1.807, 2.05) is 0 Å². The lowest BCUT2D eigenvalue weighted by Crippen LogP contribution is -2.49. The fraction of sp³-hybridized carbons (Fsp3) is 0.438. The van der Waals surface area contributed by atoms with E-state index in [0.29, 0.717) is 23.1 Å². The van der Waals surface area contributed by atoms with Crippen LogP contribution in [0.1, 0.15) is 36.7 Å². The highest BCUT2D eigenvalue weighted by atomic mass is 19.1. The Labute approximate surface area is 122 Å². The van der Waals surface area contributed by atoms with E-state index < -0.39 is 6.10 Å². The zero-order valence-electron chi connectivity index (χ0n) is 12.0. The largest absolute Gasteiger partial charge is 0.391 e. The maximum atomic E-state index is 13.7. The van der Waals surface area contributed by atoms with Crippen molar-refractivity contribution in [2.45, 2.75) is 38.3 Å². The van der Waals surface area contributed by atoms with Gasteiger partial charge >= 0.3 is 0 Å². The number of rotatable bonds is 2. The van der Waals surface area contributed by atoms with Crippen LogP contribution in [-0.2, 0) is 0 Å². The molecule has 1 aliphatic rings. The molecule has 1 fully saturated rings. The molecule has 1 saturated heterocycles. The number of aromatic amines is 1. The molecule has 112 valence electrons. The first kappa shape index (κ1) is 14.1. The van der Waals surface area contributed by atoms with Crippen LogP contribution in [0.15, 0.2) is 24.3 Å². The third kappa shape index (κ3) is 2.53. The number of aliphatic hydroxyl groups excluding tert-OH is 1. The Morgan fingerprint density at radius 2 is 2.29 bits per heavy atom. The zero-order valence-corrected chi connectivity index (χ0v) is 12.0. The molecule has 2 unspecified atom stereocenters. The standard InChI is InChI=1S/C16H19FN2O2/c1-10(20)15-7-2-3-8-19(15)16(21)14-9-11-12(17)5-4-6-13(11)18-14/h4-6,9-10,15,18,20H,2-3,7-8H2,1H3. The molecule has 3 rings (SSSR count). The Balaban J connectivity index is 1.93. The SMILES string of the molecule is CC(O)C1CCCCN1C(=O)c1cc2c(F)cccc2[nH]1. The minimum atomic E-state index is -0.560. The summed E-state index contributed by atoms with van der Waals surface area (Å²) in [5.41, 5.74) is 0.992. The highest BCUT2D eigenvalue weighted by Gasteiger charge is 2.31. The van der Waals surface area contributed by atoms with Crippen LogP contribution in [0.5, 0.6) is 0 Å². The maximum absolute atomic E-state index is 13.7. The van der Waals surface area contributed by atoms with Crippen molar-refractivity contribution in [2.75, 3.05) is 6.54 Å². The van der Waals surface area contributed by atoms with Crippen LogP contribution in [0.4, 0.5) is 4.39 Å². The third-order valence-corrected chi connectivity index (χ3v) is 4.21. The number of piperidine rings is 1. The smallest absolute Gasteiger partial charge is 0.270 e. The van der Waals surface area contributed by atoms with Crippen molar-refractivity contribution in [2.24, 2.45) is 0 Å². The molecule has 0 saturated carbocycles. The lowest BCUT2D eigenvalue weighted by molar-refractivity contribution is 0.0277. The number of aliphatic hydroxyl groups is 1. The second kappa shape index (κ2) is 5.48. The van der Waals surface area contributed by atoms with Gasteiger partial charge in [0.15, 0.2) is 0 Å². The van der Waals surface area contributed by atoms with Crippen LogP contribution in [-0.4, -0.2) is 39.6 Å². The van der Waals surface area contributed by atoms with Crippen LogP contribution < -0.4 is 0 Å². The fourth-order valence-electron chi connectivity index (χ4n) is 3.10. The molecule has 5 heteroatoms. The van der Waals surface area contributed by atoms with Crippen molar-refractivity contribution in [1.29, 1.82) is 0 Å². The predicted octanol–water partition coefficient (Wildman–Crippen LogP) is 2.68. The molecule has 2 aromatic rings. The number of likely N-dealkylation sites (tertiary alicyclic amines) is 1. The minimum absolute atomic E-state index is 0.164. The van der Waals surface area contributed by atoms with Crippen LogP contribution in [0.25, 0.3) is 10.9 Å². The lowest BCUT2D eigenvalue weighted by Gasteiger charge is -2.37. The van der Waals surface area contributed by atoms with Gasteiger partial charge in [0.1, 0.15) is 11.5 Å². The van der Waals surface area contributed by atoms with Crippen LogP contribution >= 0.6 is 0 Å². The van der Waals surface area contributed by atoms with Gasteiger partial charge in [0.05, 0.1) is 12.1 Å². The van der Waals surface area contributed by atoms with Crippen LogP contribution in [0, 0.1) is 5.82 Å². The number of amides is 1. The average Bonchev–Trinajstić information content (AvgIpc) is 2.92. The molecular formula is C16H19FN2O2. The Hall–Kier alpha value is -1.88. The summed E-state index contributed by atoms with van der Waals surface area (Å²) in [6, 6.07) is 6.13. The summed E-state index contributed by atoms with van der Waals surface area (Å²) in [7, 11) is 0. The molecule has 0 radical (unpaired) electrons. The molecule has 2 N–H and O–H groups in total. The van der Waals surface area contributed by atoms with E-state index in [1.54, 1.807) is 30.0 Å². The Kier molecular flexibility index (Phi) is 3.68. The van der Waals surface area contributed by atoms with Crippen molar-refractivity contribution in [1.82, 2.24) is 9.88 Å². The molecule has 2 atom stereocenters. The van der Waals surface area contributed by atoms with Crippen molar-refractivity contribution < 1.29 is 14.3 Å². The molecule has 1 aromatic carbocycles. The van der Waals surface area contributed by atoms with E-state index in [2.05, 4.69) is 4.98 Å². The average molecular weight is 290 g/mol. The molecule has 0 bridgehead atoms. The first-order valence-electron chi connectivity index (χ1n) is 7.34. The second-order valence-corrected chi connectivity index (χ2v) is 5.69. The summed E-state index contributed by atoms with van der Waals surface area (Å²) >= 11 is 0. The van der Waals surface area contributed by atoms with Gasteiger partial charge in [-0.15, -0.1) is 0 Å². The summed E-state index contributed by atoms with van der Waals surface area (Å²) in [5, 5.41) is 10.3. The summed E-state index contributed by atoms with van der Waals surface area (Å²) < 4.78 is 13.7. The molecule has 1 aliphatic heterocycles. The number of H-pyrrole nitrogens is 1. The number of carbonyl (C=O) groups excluding carboxylic acids is 1. The normalized spacial score (nSPS) is 20.7. The van der Waals surface area contributed by atoms with E-state index in [0.717, 1.165) is 19.3 Å². The predicted molar refractivity (Wildman–Crippen MR) is 78.6 cm³/mol. The molecule has 2 heterocycles. The lowest BCUT2D eigenvalue weighted by atomic mass is 9.98. The number of benzene rings is 1. The molecule has 0 aliphatic carbocycles. The number of carbonyl (C=O) groups is 1. The van der Waals surface area contributed by atoms with E-state index in [1.165, 1.54) is 6.07 Å². The number of halogens is 1. The molecule has 21 heavy (non-hydrogen) atoms. The van der Waals surface area contributed by atoms with Crippen molar-refractivity contribution in [3.63, 3.8) is 0 Å². The van der Waals surface area contributed by atoms with E-state index in [-0.39, 0.29) is 17.8 Å². The fourth-order valence-corrected chi connectivity index (χ4v) is 3.10. The van der Waals surface area contributed by atoms with Gasteiger partial charge in [-0.1, -0.05) is 6.07 Å². The van der Waals surface area contributed by atoms with E-state index in [9.17, 15) is 14.3 Å². The maximum Gasteiger partial charge on any atom is 0.270 e. The minimum Gasteiger partial charge on any atom is -0.391 e. The van der Waals surface area contributed by atoms with Gasteiger partial charge in [-0.2, -0.15) is 0 Å². The van der Waals surface area contributed by atoms with Crippen LogP contribution in [0.3, 0.4) is 0 Å². The Morgan fingerprint density at radius 3 is 3.00 bits per heavy atom. The van der Waals surface area contributed by atoms with Gasteiger partial charge in [-0.05, 0) is 44.4 Å². The topological polar surface area (TPSA) is 56.3 Å². The quantitative estimate of drug-likeness (QED) is 0.893. The van der Waals surface area contributed by atoms with Gasteiger partial charge < -0.3 is 15.0 Å². The number of hydrogen-bond acceptors (Lipinski definition) is 2. The van der Waals surface area contributed by atoms with Crippen molar-refractivity contribution in [3.05, 3.63) is 35.8 Å². The second-order valence-electron chi connectivity index (χ2n) is 5.69. The molecule has 4 nitrogen and oxygen atoms in total. The molecule has 1 amide bonds. The number of aromatic nitrogens is 1. The monoisotopic (exact) mass is 290 g/mol. The zero-order chi connectivity index (χ0) is 15.0. The van der Waals surface area contributed by atoms with Gasteiger partial charge in [-0.3, -0.25) is 4.79 Å². The van der Waals surface area contributed by atoms with Gasteiger partial charge in [0.25, 0.3) is 5.91 Å².